The molecule has 0 saturated heterocycles. The van der Waals surface area contributed by atoms with Gasteiger partial charge in [0.2, 0.25) is 17.7 Å². The van der Waals surface area contributed by atoms with Crippen molar-refractivity contribution in [3.63, 3.8) is 0 Å². The number of carboxylic acid groups (broad SMARTS) is 3. The highest BCUT2D eigenvalue weighted by molar-refractivity contribution is 5.95. The lowest BCUT2D eigenvalue weighted by Crippen LogP contribution is -2.59. The number of hydrogen-bond acceptors (Lipinski definition) is 7. The van der Waals surface area contributed by atoms with Gasteiger partial charge < -0.3 is 37.0 Å². The molecule has 34 heavy (non-hydrogen) atoms. The number of carbonyl (C=O) groups is 6. The Morgan fingerprint density at radius 3 is 1.79 bits per heavy atom. The highest BCUT2D eigenvalue weighted by Crippen LogP contribution is 2.11. The van der Waals surface area contributed by atoms with Crippen molar-refractivity contribution >= 4 is 35.6 Å². The van der Waals surface area contributed by atoms with E-state index in [1.54, 1.807) is 27.7 Å². The second kappa shape index (κ2) is 14.8. The van der Waals surface area contributed by atoms with Crippen LogP contribution in [0.3, 0.4) is 0 Å². The molecule has 0 aliphatic carbocycles. The molecule has 0 aromatic rings. The Kier molecular flexibility index (Phi) is 13.4. The Bertz CT molecular complexity index is 757. The summed E-state index contributed by atoms with van der Waals surface area (Å²) in [5, 5.41) is 34.2. The fourth-order valence-corrected chi connectivity index (χ4v) is 2.98. The van der Waals surface area contributed by atoms with Crippen LogP contribution in [0, 0.1) is 11.8 Å². The molecule has 5 atom stereocenters. The van der Waals surface area contributed by atoms with Gasteiger partial charge in [-0.3, -0.25) is 24.0 Å². The molecular formula is C21H36N4O9. The number of amides is 3. The maximum absolute atomic E-state index is 12.9. The van der Waals surface area contributed by atoms with Crippen LogP contribution in [-0.4, -0.2) is 75.1 Å². The number of nitrogens with one attached hydrogen (secondary N) is 3. The Morgan fingerprint density at radius 1 is 0.794 bits per heavy atom. The van der Waals surface area contributed by atoms with E-state index in [0.717, 1.165) is 0 Å². The third kappa shape index (κ3) is 11.6. The summed E-state index contributed by atoms with van der Waals surface area (Å²) in [6.07, 6.45) is -0.809. The second-order valence-corrected chi connectivity index (χ2v) is 8.60. The first kappa shape index (κ1) is 30.8. The molecule has 0 spiro atoms. The summed E-state index contributed by atoms with van der Waals surface area (Å²) in [6.45, 7) is 6.88. The van der Waals surface area contributed by atoms with Gasteiger partial charge in [-0.1, -0.05) is 34.1 Å². The number of carboxylic acids is 3. The van der Waals surface area contributed by atoms with Crippen LogP contribution in [0.25, 0.3) is 0 Å². The van der Waals surface area contributed by atoms with Crippen molar-refractivity contribution in [2.24, 2.45) is 17.6 Å². The van der Waals surface area contributed by atoms with Crippen molar-refractivity contribution in [2.45, 2.75) is 84.0 Å². The first-order valence-corrected chi connectivity index (χ1v) is 11.0. The van der Waals surface area contributed by atoms with Gasteiger partial charge in [-0.15, -0.1) is 0 Å². The van der Waals surface area contributed by atoms with Gasteiger partial charge in [0.05, 0.1) is 12.5 Å². The molecule has 8 N–H and O–H groups in total. The van der Waals surface area contributed by atoms with Crippen molar-refractivity contribution in [3.8, 4) is 0 Å². The summed E-state index contributed by atoms with van der Waals surface area (Å²) in [6, 6.07) is -5.26. The fourth-order valence-electron chi connectivity index (χ4n) is 2.98. The summed E-state index contributed by atoms with van der Waals surface area (Å²) >= 11 is 0. The SMILES string of the molecule is CCC(C)C(NC(=O)C(N)CCC(=O)O)C(=O)NC(CC(=O)O)C(=O)NC(CC(C)C)C(=O)O. The van der Waals surface area contributed by atoms with E-state index in [9.17, 15) is 33.9 Å². The van der Waals surface area contributed by atoms with Crippen LogP contribution in [0.4, 0.5) is 0 Å². The van der Waals surface area contributed by atoms with Gasteiger partial charge in [0.1, 0.15) is 18.1 Å². The lowest BCUT2D eigenvalue weighted by molar-refractivity contribution is -0.144. The van der Waals surface area contributed by atoms with Gasteiger partial charge in [-0.25, -0.2) is 4.79 Å². The normalized spacial score (nSPS) is 15.4. The quantitative estimate of drug-likeness (QED) is 0.144. The molecule has 0 radical (unpaired) electrons. The third-order valence-electron chi connectivity index (χ3n) is 5.13. The molecule has 0 bridgehead atoms. The summed E-state index contributed by atoms with van der Waals surface area (Å²) in [4.78, 5) is 71.3. The van der Waals surface area contributed by atoms with E-state index in [0.29, 0.717) is 6.42 Å². The Labute approximate surface area is 197 Å². The van der Waals surface area contributed by atoms with E-state index in [1.165, 1.54) is 0 Å². The smallest absolute Gasteiger partial charge is 0.326 e. The molecule has 0 aliphatic heterocycles. The van der Waals surface area contributed by atoms with Crippen molar-refractivity contribution < 1.29 is 44.1 Å². The Morgan fingerprint density at radius 2 is 1.35 bits per heavy atom. The molecule has 5 unspecified atom stereocenters. The highest BCUT2D eigenvalue weighted by Gasteiger charge is 2.33. The zero-order valence-corrected chi connectivity index (χ0v) is 19.9. The first-order chi connectivity index (χ1) is 15.7. The van der Waals surface area contributed by atoms with Crippen LogP contribution in [0.1, 0.15) is 59.8 Å². The number of hydrogen-bond donors (Lipinski definition) is 7. The van der Waals surface area contributed by atoms with E-state index in [-0.39, 0.29) is 25.2 Å². The number of carbonyl (C=O) groups excluding carboxylic acids is 3. The maximum atomic E-state index is 12.9. The monoisotopic (exact) mass is 488 g/mol. The second-order valence-electron chi connectivity index (χ2n) is 8.60. The van der Waals surface area contributed by atoms with Crippen LogP contribution >= 0.6 is 0 Å². The van der Waals surface area contributed by atoms with E-state index >= 15 is 0 Å². The maximum Gasteiger partial charge on any atom is 0.326 e. The molecule has 0 saturated carbocycles. The molecular weight excluding hydrogens is 452 g/mol. The summed E-state index contributed by atoms with van der Waals surface area (Å²) in [5.74, 6) is -7.00. The molecule has 0 aromatic heterocycles. The number of rotatable bonds is 16. The zero-order valence-electron chi connectivity index (χ0n) is 19.9. The Balaban J connectivity index is 5.55. The van der Waals surface area contributed by atoms with E-state index in [4.69, 9.17) is 15.9 Å². The molecule has 0 aromatic carbocycles. The topological polar surface area (TPSA) is 225 Å². The van der Waals surface area contributed by atoms with Gasteiger partial charge in [-0.05, 0) is 24.7 Å². The highest BCUT2D eigenvalue weighted by atomic mass is 16.4. The van der Waals surface area contributed by atoms with Crippen molar-refractivity contribution in [1.29, 1.82) is 0 Å². The van der Waals surface area contributed by atoms with E-state index in [2.05, 4.69) is 16.0 Å². The van der Waals surface area contributed by atoms with E-state index in [1.807, 2.05) is 0 Å². The molecule has 0 rings (SSSR count). The average molecular weight is 489 g/mol. The van der Waals surface area contributed by atoms with Gasteiger partial charge in [0.25, 0.3) is 0 Å². The Hall–Kier alpha value is -3.22. The van der Waals surface area contributed by atoms with E-state index < -0.39 is 72.1 Å². The summed E-state index contributed by atoms with van der Waals surface area (Å²) < 4.78 is 0. The largest absolute Gasteiger partial charge is 0.481 e. The summed E-state index contributed by atoms with van der Waals surface area (Å²) in [5.41, 5.74) is 5.69. The molecule has 3 amide bonds. The first-order valence-electron chi connectivity index (χ1n) is 11.0. The minimum absolute atomic E-state index is 0.0794. The molecule has 13 nitrogen and oxygen atoms in total. The van der Waals surface area contributed by atoms with Crippen LogP contribution in [0.15, 0.2) is 0 Å². The van der Waals surface area contributed by atoms with Crippen molar-refractivity contribution in [2.75, 3.05) is 0 Å². The predicted octanol–water partition coefficient (Wildman–Crippen LogP) is -0.716. The molecule has 0 heterocycles. The van der Waals surface area contributed by atoms with Gasteiger partial charge in [0.15, 0.2) is 0 Å². The summed E-state index contributed by atoms with van der Waals surface area (Å²) in [7, 11) is 0. The lowest BCUT2D eigenvalue weighted by Gasteiger charge is -2.27. The number of nitrogens with two attached hydrogens (primary N) is 1. The van der Waals surface area contributed by atoms with Crippen LogP contribution in [-0.2, 0) is 28.8 Å². The fraction of sp³-hybridized carbons (Fsp3) is 0.714. The van der Waals surface area contributed by atoms with Crippen LogP contribution in [0.5, 0.6) is 0 Å². The minimum Gasteiger partial charge on any atom is -0.481 e. The zero-order chi connectivity index (χ0) is 26.6. The molecule has 0 fully saturated rings. The lowest BCUT2D eigenvalue weighted by atomic mass is 9.97. The predicted molar refractivity (Wildman–Crippen MR) is 119 cm³/mol. The standard InChI is InChI=1S/C21H36N4O9/c1-5-11(4)17(25-18(30)12(22)6-7-15(26)27)20(32)23-13(9-16(28)29)19(31)24-14(21(33)34)8-10(2)3/h10-14,17H,5-9,22H2,1-4H3,(H,23,32)(H,24,31)(H,25,30)(H,26,27)(H,28,29)(H,33,34). The van der Waals surface area contributed by atoms with Crippen LogP contribution < -0.4 is 21.7 Å². The minimum atomic E-state index is -1.59. The van der Waals surface area contributed by atoms with Gasteiger partial charge in [0, 0.05) is 6.42 Å². The number of aliphatic carboxylic acids is 3. The van der Waals surface area contributed by atoms with Crippen molar-refractivity contribution in [3.05, 3.63) is 0 Å². The van der Waals surface area contributed by atoms with Crippen molar-refractivity contribution in [1.82, 2.24) is 16.0 Å². The molecule has 0 aliphatic rings. The third-order valence-corrected chi connectivity index (χ3v) is 5.13. The average Bonchev–Trinajstić information content (AvgIpc) is 2.72. The van der Waals surface area contributed by atoms with Gasteiger partial charge in [-0.2, -0.15) is 0 Å². The molecule has 194 valence electrons. The van der Waals surface area contributed by atoms with Crippen LogP contribution in [0.2, 0.25) is 0 Å². The van der Waals surface area contributed by atoms with Gasteiger partial charge >= 0.3 is 17.9 Å². The molecule has 13 heteroatoms.